The SMILES string of the molecule is CCc1c(C#N)cnn1-c1ccc(Cl)cc1Cl. The van der Waals surface area contributed by atoms with Gasteiger partial charge in [-0.25, -0.2) is 4.68 Å². The van der Waals surface area contributed by atoms with Crippen molar-refractivity contribution in [3.05, 3.63) is 45.7 Å². The maximum absolute atomic E-state index is 8.97. The lowest BCUT2D eigenvalue weighted by molar-refractivity contribution is 0.813. The zero-order valence-electron chi connectivity index (χ0n) is 9.11. The van der Waals surface area contributed by atoms with Crippen LogP contribution in [0.3, 0.4) is 0 Å². The fraction of sp³-hybridized carbons (Fsp3) is 0.167. The Morgan fingerprint density at radius 1 is 1.41 bits per heavy atom. The van der Waals surface area contributed by atoms with E-state index in [0.29, 0.717) is 22.0 Å². The van der Waals surface area contributed by atoms with Gasteiger partial charge in [0.15, 0.2) is 0 Å². The lowest BCUT2D eigenvalue weighted by atomic mass is 10.2. The molecule has 0 saturated heterocycles. The highest BCUT2D eigenvalue weighted by Gasteiger charge is 2.12. The molecule has 3 nitrogen and oxygen atoms in total. The minimum absolute atomic E-state index is 0.514. The van der Waals surface area contributed by atoms with Crippen LogP contribution in [0.5, 0.6) is 0 Å². The van der Waals surface area contributed by atoms with Crippen LogP contribution < -0.4 is 0 Å². The molecule has 1 aromatic heterocycles. The van der Waals surface area contributed by atoms with Crippen molar-refractivity contribution in [2.45, 2.75) is 13.3 Å². The Morgan fingerprint density at radius 2 is 2.18 bits per heavy atom. The highest BCUT2D eigenvalue weighted by Crippen LogP contribution is 2.25. The van der Waals surface area contributed by atoms with Crippen LogP contribution in [0.2, 0.25) is 10.0 Å². The topological polar surface area (TPSA) is 41.6 Å². The van der Waals surface area contributed by atoms with Crippen LogP contribution >= 0.6 is 23.2 Å². The smallest absolute Gasteiger partial charge is 0.103 e. The normalized spacial score (nSPS) is 10.2. The Kier molecular flexibility index (Phi) is 3.37. The maximum atomic E-state index is 8.97. The number of rotatable bonds is 2. The molecule has 2 rings (SSSR count). The van der Waals surface area contributed by atoms with Crippen molar-refractivity contribution in [3.63, 3.8) is 0 Å². The van der Waals surface area contributed by atoms with Crippen molar-refractivity contribution in [1.82, 2.24) is 9.78 Å². The molecule has 0 atom stereocenters. The van der Waals surface area contributed by atoms with E-state index in [1.54, 1.807) is 29.1 Å². The van der Waals surface area contributed by atoms with Crippen molar-refractivity contribution in [1.29, 1.82) is 5.26 Å². The van der Waals surface area contributed by atoms with Crippen LogP contribution in [-0.4, -0.2) is 9.78 Å². The van der Waals surface area contributed by atoms with Crippen LogP contribution in [0.1, 0.15) is 18.2 Å². The summed E-state index contributed by atoms with van der Waals surface area (Å²) in [6, 6.07) is 7.31. The van der Waals surface area contributed by atoms with Gasteiger partial charge in [-0.1, -0.05) is 30.1 Å². The monoisotopic (exact) mass is 265 g/mol. The Morgan fingerprint density at radius 3 is 2.76 bits per heavy atom. The maximum Gasteiger partial charge on any atom is 0.103 e. The van der Waals surface area contributed by atoms with E-state index in [2.05, 4.69) is 11.2 Å². The molecule has 0 bridgehead atoms. The third-order valence-corrected chi connectivity index (χ3v) is 3.00. The van der Waals surface area contributed by atoms with Crippen LogP contribution in [0, 0.1) is 11.3 Å². The molecule has 0 unspecified atom stereocenters. The second kappa shape index (κ2) is 4.79. The van der Waals surface area contributed by atoms with E-state index in [0.717, 1.165) is 11.4 Å². The van der Waals surface area contributed by atoms with Gasteiger partial charge >= 0.3 is 0 Å². The lowest BCUT2D eigenvalue weighted by Crippen LogP contribution is -2.02. The standard InChI is InChI=1S/C12H9Cl2N3/c1-2-11-8(6-15)7-16-17(11)12-4-3-9(13)5-10(12)14/h3-5,7H,2H2,1H3. The zero-order chi connectivity index (χ0) is 12.4. The Balaban J connectivity index is 2.61. The molecule has 0 spiro atoms. The number of halogens is 2. The molecule has 2 aromatic rings. The van der Waals surface area contributed by atoms with Gasteiger partial charge in [0.2, 0.25) is 0 Å². The number of aromatic nitrogens is 2. The minimum atomic E-state index is 0.514. The van der Waals surface area contributed by atoms with Gasteiger partial charge in [0, 0.05) is 5.02 Å². The number of hydrogen-bond acceptors (Lipinski definition) is 2. The third-order valence-electron chi connectivity index (χ3n) is 2.46. The summed E-state index contributed by atoms with van der Waals surface area (Å²) < 4.78 is 1.68. The molecule has 0 saturated carbocycles. The molecule has 0 aliphatic carbocycles. The summed E-state index contributed by atoms with van der Waals surface area (Å²) in [6.07, 6.45) is 2.26. The van der Waals surface area contributed by atoms with Crippen LogP contribution in [0.25, 0.3) is 5.69 Å². The van der Waals surface area contributed by atoms with Gasteiger partial charge in [0.25, 0.3) is 0 Å². The molecule has 17 heavy (non-hydrogen) atoms. The van der Waals surface area contributed by atoms with Gasteiger partial charge in [-0.05, 0) is 24.6 Å². The molecule has 1 heterocycles. The first-order chi connectivity index (χ1) is 8.17. The van der Waals surface area contributed by atoms with E-state index in [1.807, 2.05) is 6.92 Å². The van der Waals surface area contributed by atoms with Crippen LogP contribution in [0.15, 0.2) is 24.4 Å². The summed E-state index contributed by atoms with van der Waals surface area (Å²) in [6.45, 7) is 1.97. The van der Waals surface area contributed by atoms with E-state index in [9.17, 15) is 0 Å². The van der Waals surface area contributed by atoms with E-state index in [-0.39, 0.29) is 0 Å². The molecule has 5 heteroatoms. The summed E-state index contributed by atoms with van der Waals surface area (Å²) in [7, 11) is 0. The fourth-order valence-electron chi connectivity index (χ4n) is 1.67. The lowest BCUT2D eigenvalue weighted by Gasteiger charge is -2.08. The summed E-state index contributed by atoms with van der Waals surface area (Å²) in [5.41, 5.74) is 2.14. The highest BCUT2D eigenvalue weighted by atomic mass is 35.5. The van der Waals surface area contributed by atoms with Crippen LogP contribution in [-0.2, 0) is 6.42 Å². The van der Waals surface area contributed by atoms with Gasteiger partial charge in [-0.15, -0.1) is 0 Å². The average Bonchev–Trinajstić information content (AvgIpc) is 2.71. The number of hydrogen-bond donors (Lipinski definition) is 0. The van der Waals surface area contributed by atoms with E-state index >= 15 is 0 Å². The molecule has 0 radical (unpaired) electrons. The average molecular weight is 266 g/mol. The number of benzene rings is 1. The number of nitriles is 1. The predicted molar refractivity (Wildman–Crippen MR) is 67.7 cm³/mol. The van der Waals surface area contributed by atoms with E-state index < -0.39 is 0 Å². The second-order valence-corrected chi connectivity index (χ2v) is 4.32. The summed E-state index contributed by atoms with van der Waals surface area (Å²) >= 11 is 12.0. The van der Waals surface area contributed by atoms with E-state index in [1.165, 1.54) is 0 Å². The summed E-state index contributed by atoms with van der Waals surface area (Å²) in [5.74, 6) is 0. The van der Waals surface area contributed by atoms with Crippen molar-refractivity contribution in [2.75, 3.05) is 0 Å². The Labute approximate surface area is 109 Å². The molecule has 86 valence electrons. The van der Waals surface area contributed by atoms with Gasteiger partial charge in [0.1, 0.15) is 6.07 Å². The predicted octanol–water partition coefficient (Wildman–Crippen LogP) is 3.61. The largest absolute Gasteiger partial charge is 0.235 e. The molecule has 1 aromatic carbocycles. The molecule has 0 fully saturated rings. The second-order valence-electron chi connectivity index (χ2n) is 3.48. The number of nitrogens with zero attached hydrogens (tertiary/aromatic N) is 3. The molecule has 0 aliphatic heterocycles. The molecular weight excluding hydrogens is 257 g/mol. The van der Waals surface area contributed by atoms with Crippen LogP contribution in [0.4, 0.5) is 0 Å². The fourth-order valence-corrected chi connectivity index (χ4v) is 2.16. The first-order valence-corrected chi connectivity index (χ1v) is 5.85. The van der Waals surface area contributed by atoms with Crippen molar-refractivity contribution < 1.29 is 0 Å². The zero-order valence-corrected chi connectivity index (χ0v) is 10.6. The highest BCUT2D eigenvalue weighted by molar-refractivity contribution is 6.35. The van der Waals surface area contributed by atoms with Gasteiger partial charge < -0.3 is 0 Å². The van der Waals surface area contributed by atoms with Gasteiger partial charge in [-0.3, -0.25) is 0 Å². The van der Waals surface area contributed by atoms with Crippen molar-refractivity contribution in [3.8, 4) is 11.8 Å². The van der Waals surface area contributed by atoms with Crippen molar-refractivity contribution in [2.24, 2.45) is 0 Å². The quantitative estimate of drug-likeness (QED) is 0.833. The minimum Gasteiger partial charge on any atom is -0.235 e. The first kappa shape index (κ1) is 12.0. The molecular formula is C12H9Cl2N3. The molecule has 0 aliphatic rings. The van der Waals surface area contributed by atoms with Gasteiger partial charge in [-0.2, -0.15) is 10.4 Å². The Hall–Kier alpha value is -1.50. The molecule has 0 N–H and O–H groups in total. The summed E-state index contributed by atoms with van der Waals surface area (Å²) in [5, 5.41) is 14.2. The van der Waals surface area contributed by atoms with E-state index in [4.69, 9.17) is 28.5 Å². The first-order valence-electron chi connectivity index (χ1n) is 5.09. The van der Waals surface area contributed by atoms with Gasteiger partial charge in [0.05, 0.1) is 28.2 Å². The molecule has 0 amide bonds. The Bertz CT molecular complexity index is 596. The summed E-state index contributed by atoms with van der Waals surface area (Å²) in [4.78, 5) is 0. The van der Waals surface area contributed by atoms with Crippen molar-refractivity contribution >= 4 is 23.2 Å². The third kappa shape index (κ3) is 2.14.